The number of aromatic amines is 1. The molecule has 0 saturated heterocycles. The van der Waals surface area contributed by atoms with E-state index in [0.717, 1.165) is 24.5 Å². The maximum absolute atomic E-state index is 5.00. The standard InChI is InChI=1S/C8H13N3S/c1-3-4-6-10-7(9-2)5-8(12)11-6/h5H,3-4H2,1-2H3,(H2,9,10,11,12). The molecular formula is C8H13N3S. The van der Waals surface area contributed by atoms with Crippen molar-refractivity contribution in [3.05, 3.63) is 16.5 Å². The average Bonchev–Trinajstić information content (AvgIpc) is 2.04. The molecule has 0 amide bonds. The Kier molecular flexibility index (Phi) is 3.22. The molecule has 0 aliphatic carbocycles. The van der Waals surface area contributed by atoms with Gasteiger partial charge in [0.2, 0.25) is 0 Å². The van der Waals surface area contributed by atoms with E-state index in [2.05, 4.69) is 22.2 Å². The fourth-order valence-corrected chi connectivity index (χ4v) is 1.23. The number of anilines is 1. The fraction of sp³-hybridized carbons (Fsp3) is 0.500. The summed E-state index contributed by atoms with van der Waals surface area (Å²) in [6.45, 7) is 2.12. The molecule has 12 heavy (non-hydrogen) atoms. The van der Waals surface area contributed by atoms with Crippen LogP contribution in [0.5, 0.6) is 0 Å². The van der Waals surface area contributed by atoms with E-state index in [1.165, 1.54) is 0 Å². The number of hydrogen-bond acceptors (Lipinski definition) is 3. The van der Waals surface area contributed by atoms with Gasteiger partial charge in [-0.1, -0.05) is 19.1 Å². The van der Waals surface area contributed by atoms with Crippen LogP contribution in [0, 0.1) is 4.64 Å². The van der Waals surface area contributed by atoms with Crippen molar-refractivity contribution in [3.8, 4) is 0 Å². The molecule has 1 aromatic rings. The Bertz CT molecular complexity index is 305. The average molecular weight is 183 g/mol. The lowest BCUT2D eigenvalue weighted by molar-refractivity contribution is 0.833. The van der Waals surface area contributed by atoms with Crippen molar-refractivity contribution in [2.24, 2.45) is 0 Å². The summed E-state index contributed by atoms with van der Waals surface area (Å²) in [5.41, 5.74) is 0. The van der Waals surface area contributed by atoms with Crippen LogP contribution in [0.2, 0.25) is 0 Å². The molecule has 0 atom stereocenters. The van der Waals surface area contributed by atoms with Gasteiger partial charge in [0.25, 0.3) is 0 Å². The van der Waals surface area contributed by atoms with Crippen molar-refractivity contribution in [2.45, 2.75) is 19.8 Å². The van der Waals surface area contributed by atoms with Crippen LogP contribution in [-0.2, 0) is 6.42 Å². The Labute approximate surface area is 77.2 Å². The van der Waals surface area contributed by atoms with E-state index in [1.54, 1.807) is 0 Å². The van der Waals surface area contributed by atoms with Crippen molar-refractivity contribution in [1.29, 1.82) is 0 Å². The minimum atomic E-state index is 0.640. The van der Waals surface area contributed by atoms with Crippen LogP contribution in [0.1, 0.15) is 19.2 Å². The Balaban J connectivity index is 2.98. The van der Waals surface area contributed by atoms with Gasteiger partial charge in [0.05, 0.1) is 0 Å². The zero-order valence-electron chi connectivity index (χ0n) is 7.35. The summed E-state index contributed by atoms with van der Waals surface area (Å²) in [5, 5.41) is 3.00. The van der Waals surface area contributed by atoms with Crippen LogP contribution >= 0.6 is 12.2 Å². The molecule has 0 aliphatic heterocycles. The van der Waals surface area contributed by atoms with Gasteiger partial charge in [-0.15, -0.1) is 0 Å². The molecule has 0 radical (unpaired) electrons. The first-order valence-corrected chi connectivity index (χ1v) is 4.45. The summed E-state index contributed by atoms with van der Waals surface area (Å²) >= 11 is 5.00. The summed E-state index contributed by atoms with van der Waals surface area (Å²) in [5.74, 6) is 1.88. The molecule has 0 aliphatic rings. The predicted molar refractivity (Wildman–Crippen MR) is 53.0 cm³/mol. The van der Waals surface area contributed by atoms with E-state index < -0.39 is 0 Å². The highest BCUT2D eigenvalue weighted by Gasteiger charge is 1.95. The molecule has 0 spiro atoms. The zero-order valence-corrected chi connectivity index (χ0v) is 8.16. The molecule has 4 heteroatoms. The predicted octanol–water partition coefficient (Wildman–Crippen LogP) is 2.13. The minimum absolute atomic E-state index is 0.640. The van der Waals surface area contributed by atoms with Crippen LogP contribution in [-0.4, -0.2) is 17.0 Å². The summed E-state index contributed by atoms with van der Waals surface area (Å²) < 4.78 is 0.640. The normalized spacial score (nSPS) is 9.83. The Morgan fingerprint density at radius 3 is 3.00 bits per heavy atom. The van der Waals surface area contributed by atoms with Crippen LogP contribution in [0.3, 0.4) is 0 Å². The van der Waals surface area contributed by atoms with E-state index in [0.29, 0.717) is 4.64 Å². The summed E-state index contributed by atoms with van der Waals surface area (Å²) in [6.07, 6.45) is 2.02. The van der Waals surface area contributed by atoms with E-state index >= 15 is 0 Å². The lowest BCUT2D eigenvalue weighted by Crippen LogP contribution is -1.99. The van der Waals surface area contributed by atoms with Gasteiger partial charge in [0.1, 0.15) is 16.3 Å². The maximum atomic E-state index is 5.00. The molecular weight excluding hydrogens is 170 g/mol. The number of hydrogen-bond donors (Lipinski definition) is 2. The second kappa shape index (κ2) is 4.21. The van der Waals surface area contributed by atoms with E-state index in [4.69, 9.17) is 12.2 Å². The van der Waals surface area contributed by atoms with Crippen molar-refractivity contribution in [3.63, 3.8) is 0 Å². The molecule has 1 aromatic heterocycles. The summed E-state index contributed by atoms with van der Waals surface area (Å²) in [4.78, 5) is 7.34. The van der Waals surface area contributed by atoms with Gasteiger partial charge in [-0.05, 0) is 6.42 Å². The largest absolute Gasteiger partial charge is 0.375 e. The number of rotatable bonds is 3. The zero-order chi connectivity index (χ0) is 8.97. The highest BCUT2D eigenvalue weighted by Crippen LogP contribution is 2.03. The van der Waals surface area contributed by atoms with Crippen LogP contribution in [0.4, 0.5) is 5.82 Å². The maximum Gasteiger partial charge on any atom is 0.131 e. The molecule has 1 heterocycles. The highest BCUT2D eigenvalue weighted by atomic mass is 32.1. The summed E-state index contributed by atoms with van der Waals surface area (Å²) in [7, 11) is 1.86. The van der Waals surface area contributed by atoms with Gasteiger partial charge in [-0.2, -0.15) is 0 Å². The summed E-state index contributed by atoms with van der Waals surface area (Å²) in [6, 6.07) is 1.81. The lowest BCUT2D eigenvalue weighted by atomic mass is 10.3. The molecule has 0 bridgehead atoms. The lowest BCUT2D eigenvalue weighted by Gasteiger charge is -2.03. The van der Waals surface area contributed by atoms with Gasteiger partial charge in [-0.3, -0.25) is 0 Å². The Morgan fingerprint density at radius 2 is 2.42 bits per heavy atom. The minimum Gasteiger partial charge on any atom is -0.375 e. The van der Waals surface area contributed by atoms with Gasteiger partial charge in [0.15, 0.2) is 0 Å². The van der Waals surface area contributed by atoms with Gasteiger partial charge in [-0.25, -0.2) is 4.98 Å². The fourth-order valence-electron chi connectivity index (χ4n) is 0.998. The molecule has 0 fully saturated rings. The van der Waals surface area contributed by atoms with E-state index in [9.17, 15) is 0 Å². The monoisotopic (exact) mass is 183 g/mol. The van der Waals surface area contributed by atoms with E-state index in [1.807, 2.05) is 13.1 Å². The third kappa shape index (κ3) is 2.30. The third-order valence-corrected chi connectivity index (χ3v) is 1.76. The van der Waals surface area contributed by atoms with Crippen molar-refractivity contribution in [2.75, 3.05) is 12.4 Å². The molecule has 0 aromatic carbocycles. The first-order chi connectivity index (χ1) is 5.76. The van der Waals surface area contributed by atoms with Gasteiger partial charge in [0, 0.05) is 19.5 Å². The van der Waals surface area contributed by atoms with Crippen LogP contribution in [0.25, 0.3) is 0 Å². The number of nitrogens with one attached hydrogen (secondary N) is 2. The Hall–Kier alpha value is -0.900. The molecule has 1 rings (SSSR count). The first-order valence-electron chi connectivity index (χ1n) is 4.04. The number of aryl methyl sites for hydroxylation is 1. The van der Waals surface area contributed by atoms with Gasteiger partial charge >= 0.3 is 0 Å². The van der Waals surface area contributed by atoms with Crippen molar-refractivity contribution < 1.29 is 0 Å². The third-order valence-electron chi connectivity index (χ3n) is 1.55. The number of H-pyrrole nitrogens is 1. The van der Waals surface area contributed by atoms with Crippen molar-refractivity contribution >= 4 is 18.0 Å². The van der Waals surface area contributed by atoms with Gasteiger partial charge < -0.3 is 10.3 Å². The first kappa shape index (κ1) is 9.19. The molecule has 2 N–H and O–H groups in total. The molecule has 3 nitrogen and oxygen atoms in total. The smallest absolute Gasteiger partial charge is 0.131 e. The topological polar surface area (TPSA) is 40.7 Å². The van der Waals surface area contributed by atoms with Crippen LogP contribution in [0.15, 0.2) is 6.07 Å². The quantitative estimate of drug-likeness (QED) is 0.705. The molecule has 66 valence electrons. The molecule has 0 saturated carbocycles. The number of nitrogens with zero attached hydrogens (tertiary/aromatic N) is 1. The van der Waals surface area contributed by atoms with Crippen molar-refractivity contribution in [1.82, 2.24) is 9.97 Å². The van der Waals surface area contributed by atoms with E-state index in [-0.39, 0.29) is 0 Å². The molecule has 0 unspecified atom stereocenters. The highest BCUT2D eigenvalue weighted by molar-refractivity contribution is 7.71. The SMILES string of the molecule is CCCc1nc(=S)cc(NC)[nH]1. The number of aromatic nitrogens is 2. The second-order valence-corrected chi connectivity index (χ2v) is 3.00. The second-order valence-electron chi connectivity index (χ2n) is 2.58. The Morgan fingerprint density at radius 1 is 1.67 bits per heavy atom. The van der Waals surface area contributed by atoms with Crippen LogP contribution < -0.4 is 5.32 Å².